The minimum atomic E-state index is 0.655. The molecule has 3 aromatic rings. The molecule has 0 saturated carbocycles. The summed E-state index contributed by atoms with van der Waals surface area (Å²) in [7, 11) is 3.98. The van der Waals surface area contributed by atoms with Gasteiger partial charge in [-0.3, -0.25) is 4.58 Å². The lowest BCUT2D eigenvalue weighted by atomic mass is 9.98. The molecule has 0 N–H and O–H groups in total. The van der Waals surface area contributed by atoms with Gasteiger partial charge in [-0.25, -0.2) is 0 Å². The van der Waals surface area contributed by atoms with E-state index in [1.54, 1.807) is 0 Å². The maximum Gasteiger partial charge on any atom is 0.244 e. The second kappa shape index (κ2) is 8.50. The second-order valence-corrected chi connectivity index (χ2v) is 6.54. The third-order valence-corrected chi connectivity index (χ3v) is 4.29. The molecule has 0 radical (unpaired) electrons. The Kier molecular flexibility index (Phi) is 5.88. The Morgan fingerprint density at radius 1 is 0.731 bits per heavy atom. The molecule has 0 unspecified atom stereocenters. The monoisotopic (exact) mass is 361 g/mol. The largest absolute Gasteiger partial charge is 0.273 e. The number of anilines is 1. The predicted octanol–water partition coefficient (Wildman–Crippen LogP) is 5.45. The first-order valence-electron chi connectivity index (χ1n) is 8.53. The second-order valence-electron chi connectivity index (χ2n) is 6.18. The summed E-state index contributed by atoms with van der Waals surface area (Å²) in [6, 6.07) is 30.6. The predicted molar refractivity (Wildman–Crippen MR) is 112 cm³/mol. The highest BCUT2D eigenvalue weighted by atomic mass is 35.5. The van der Waals surface area contributed by atoms with Crippen LogP contribution in [-0.4, -0.2) is 25.0 Å². The van der Waals surface area contributed by atoms with Crippen LogP contribution in [0.1, 0.15) is 11.1 Å². The molecule has 0 aromatic heterocycles. The lowest BCUT2D eigenvalue weighted by Crippen LogP contribution is -2.24. The number of hydrogen-bond acceptors (Lipinski definition) is 0. The number of rotatable bonds is 5. The first-order valence-corrected chi connectivity index (χ1v) is 8.91. The van der Waals surface area contributed by atoms with Crippen molar-refractivity contribution in [1.82, 2.24) is 0 Å². The van der Waals surface area contributed by atoms with Gasteiger partial charge in [0, 0.05) is 5.57 Å². The Morgan fingerprint density at radius 3 is 1.58 bits per heavy atom. The zero-order valence-corrected chi connectivity index (χ0v) is 15.8. The van der Waals surface area contributed by atoms with Gasteiger partial charge in [0.1, 0.15) is 5.69 Å². The lowest BCUT2D eigenvalue weighted by Gasteiger charge is -2.17. The molecule has 0 aliphatic heterocycles. The van der Waals surface area contributed by atoms with Crippen LogP contribution >= 0.6 is 11.6 Å². The Balaban J connectivity index is 2.24. The molecule has 3 heteroatoms. The highest BCUT2D eigenvalue weighted by Crippen LogP contribution is 2.32. The van der Waals surface area contributed by atoms with Gasteiger partial charge in [-0.05, 0) is 34.9 Å². The van der Waals surface area contributed by atoms with E-state index in [2.05, 4.69) is 36.4 Å². The summed E-state index contributed by atoms with van der Waals surface area (Å²) >= 11 is 7.01. The van der Waals surface area contributed by atoms with Gasteiger partial charge in [0.05, 0.1) is 14.1 Å². The summed E-state index contributed by atoms with van der Waals surface area (Å²) in [5, 5.41) is 0.655. The number of benzene rings is 3. The zero-order valence-electron chi connectivity index (χ0n) is 15.0. The highest BCUT2D eigenvalue weighted by Gasteiger charge is 2.22. The number of nitrogens with zero attached hydrogens (tertiary/aromatic N) is 2. The van der Waals surface area contributed by atoms with Crippen molar-refractivity contribution >= 4 is 29.2 Å². The van der Waals surface area contributed by atoms with Gasteiger partial charge >= 0.3 is 0 Å². The minimum Gasteiger partial charge on any atom is -0.273 e. The molecule has 3 rings (SSSR count). The van der Waals surface area contributed by atoms with Crippen LogP contribution in [0.4, 0.5) is 5.69 Å². The lowest BCUT2D eigenvalue weighted by molar-refractivity contribution is -0.460. The number of para-hydroxylation sites is 1. The van der Waals surface area contributed by atoms with E-state index in [1.807, 2.05) is 84.5 Å². The van der Waals surface area contributed by atoms with Crippen molar-refractivity contribution in [2.24, 2.45) is 0 Å². The van der Waals surface area contributed by atoms with E-state index < -0.39 is 0 Å². The molecule has 2 nitrogen and oxygen atoms in total. The van der Waals surface area contributed by atoms with Crippen molar-refractivity contribution in [2.75, 3.05) is 19.0 Å². The fourth-order valence-electron chi connectivity index (χ4n) is 2.79. The normalized spacial score (nSPS) is 10.1. The van der Waals surface area contributed by atoms with Crippen molar-refractivity contribution in [3.05, 3.63) is 107 Å². The summed E-state index contributed by atoms with van der Waals surface area (Å²) in [4.78, 5) is 2.01. The molecule has 0 spiro atoms. The van der Waals surface area contributed by atoms with Crippen molar-refractivity contribution in [1.29, 1.82) is 0 Å². The van der Waals surface area contributed by atoms with Crippen LogP contribution in [0, 0.1) is 0 Å². The van der Waals surface area contributed by atoms with E-state index in [-0.39, 0.29) is 0 Å². The van der Waals surface area contributed by atoms with E-state index in [0.717, 1.165) is 22.4 Å². The molecule has 0 bridgehead atoms. The van der Waals surface area contributed by atoms with E-state index in [4.69, 9.17) is 11.6 Å². The van der Waals surface area contributed by atoms with Gasteiger partial charge in [0.25, 0.3) is 0 Å². The van der Waals surface area contributed by atoms with Crippen molar-refractivity contribution in [3.63, 3.8) is 0 Å². The number of halogens is 1. The molecule has 0 atom stereocenters. The summed E-state index contributed by atoms with van der Waals surface area (Å²) in [6.45, 7) is 0. The zero-order chi connectivity index (χ0) is 18.4. The molecular weight excluding hydrogens is 340 g/mol. The molecule has 0 saturated heterocycles. The van der Waals surface area contributed by atoms with Crippen LogP contribution in [-0.2, 0) is 0 Å². The summed E-state index contributed by atoms with van der Waals surface area (Å²) in [5.74, 6) is 0. The SMILES string of the molecule is C[N+](C)=CN(C(Cl)=C(c1ccccc1)c1ccccc1)c1ccccc1. The Labute approximate surface area is 160 Å². The summed E-state index contributed by atoms with van der Waals surface area (Å²) in [6.07, 6.45) is 1.99. The average molecular weight is 362 g/mol. The first kappa shape index (κ1) is 18.0. The van der Waals surface area contributed by atoms with E-state index >= 15 is 0 Å². The molecule has 0 fully saturated rings. The van der Waals surface area contributed by atoms with Crippen LogP contribution in [0.25, 0.3) is 5.57 Å². The molecule has 130 valence electrons. The smallest absolute Gasteiger partial charge is 0.244 e. The van der Waals surface area contributed by atoms with Crippen LogP contribution in [0.5, 0.6) is 0 Å². The van der Waals surface area contributed by atoms with E-state index in [0.29, 0.717) is 5.16 Å². The van der Waals surface area contributed by atoms with Crippen LogP contribution in [0.3, 0.4) is 0 Å². The van der Waals surface area contributed by atoms with Gasteiger partial charge in [-0.2, -0.15) is 4.90 Å². The van der Waals surface area contributed by atoms with Crippen molar-refractivity contribution in [2.45, 2.75) is 0 Å². The van der Waals surface area contributed by atoms with Gasteiger partial charge in [0.2, 0.25) is 11.5 Å². The Hall–Kier alpha value is -2.84. The Bertz CT molecular complexity index is 855. The molecule has 0 amide bonds. The fraction of sp³-hybridized carbons (Fsp3) is 0.0870. The molecule has 26 heavy (non-hydrogen) atoms. The molecule has 0 aliphatic rings. The molecular formula is C23H22ClN2+. The summed E-state index contributed by atoms with van der Waals surface area (Å²) in [5.41, 5.74) is 4.17. The molecule has 0 heterocycles. The van der Waals surface area contributed by atoms with Gasteiger partial charge < -0.3 is 0 Å². The maximum atomic E-state index is 7.01. The average Bonchev–Trinajstić information content (AvgIpc) is 2.68. The number of hydrogen-bond donors (Lipinski definition) is 0. The van der Waals surface area contributed by atoms with Crippen molar-refractivity contribution < 1.29 is 4.58 Å². The highest BCUT2D eigenvalue weighted by molar-refractivity contribution is 6.36. The molecule has 0 aliphatic carbocycles. The third-order valence-electron chi connectivity index (χ3n) is 3.92. The maximum absolute atomic E-state index is 7.01. The summed E-state index contributed by atoms with van der Waals surface area (Å²) < 4.78 is 1.99. The minimum absolute atomic E-state index is 0.655. The Morgan fingerprint density at radius 2 is 1.15 bits per heavy atom. The van der Waals surface area contributed by atoms with Crippen LogP contribution < -0.4 is 4.90 Å². The first-order chi connectivity index (χ1) is 12.7. The standard InChI is InChI=1S/C23H22ClN2/c1-25(2)18-26(21-16-10-5-11-17-21)23(24)22(19-12-6-3-7-13-19)20-14-8-4-9-15-20/h3-18H,1-2H3/q+1. The van der Waals surface area contributed by atoms with Crippen LogP contribution in [0.15, 0.2) is 96.2 Å². The van der Waals surface area contributed by atoms with Gasteiger partial charge in [0.15, 0.2) is 0 Å². The fourth-order valence-corrected chi connectivity index (χ4v) is 3.14. The third kappa shape index (κ3) is 4.22. The van der Waals surface area contributed by atoms with Crippen molar-refractivity contribution in [3.8, 4) is 0 Å². The van der Waals surface area contributed by atoms with Gasteiger partial charge in [-0.1, -0.05) is 78.9 Å². The quantitative estimate of drug-likeness (QED) is 0.253. The topological polar surface area (TPSA) is 6.25 Å². The molecule has 3 aromatic carbocycles. The van der Waals surface area contributed by atoms with E-state index in [1.165, 1.54) is 0 Å². The van der Waals surface area contributed by atoms with Gasteiger partial charge in [-0.15, -0.1) is 0 Å². The van der Waals surface area contributed by atoms with E-state index in [9.17, 15) is 0 Å². The van der Waals surface area contributed by atoms with Crippen LogP contribution in [0.2, 0.25) is 0 Å².